The van der Waals surface area contributed by atoms with Gasteiger partial charge in [-0.1, -0.05) is 12.1 Å². The van der Waals surface area contributed by atoms with Crippen LogP contribution in [-0.2, 0) is 0 Å². The maximum absolute atomic E-state index is 12.3. The molecule has 0 atom stereocenters. The summed E-state index contributed by atoms with van der Waals surface area (Å²) in [5.41, 5.74) is 1.54. The van der Waals surface area contributed by atoms with E-state index >= 15 is 0 Å². The number of nitrogens with one attached hydrogen (secondary N) is 1. The molecular formula is C19H15NO4S. The molecule has 3 rings (SSSR count). The summed E-state index contributed by atoms with van der Waals surface area (Å²) in [6, 6.07) is 15.3. The minimum atomic E-state index is -0.410. The molecule has 1 N–H and O–H groups in total. The molecule has 2 aromatic carbocycles. The lowest BCUT2D eigenvalue weighted by molar-refractivity contribution is 0.0735. The average molecular weight is 353 g/mol. The summed E-state index contributed by atoms with van der Waals surface area (Å²) >= 11 is 1.43. The summed E-state index contributed by atoms with van der Waals surface area (Å²) in [4.78, 5) is 24.2. The number of ether oxygens (including phenoxy) is 2. The Morgan fingerprint density at radius 3 is 2.44 bits per heavy atom. The Morgan fingerprint density at radius 1 is 1.00 bits per heavy atom. The van der Waals surface area contributed by atoms with Crippen molar-refractivity contribution in [3.63, 3.8) is 0 Å². The maximum Gasteiger partial charge on any atom is 0.344 e. The molecule has 1 heterocycles. The molecule has 3 aromatic rings. The van der Waals surface area contributed by atoms with E-state index in [1.165, 1.54) is 18.4 Å². The number of amides is 1. The molecule has 0 spiro atoms. The van der Waals surface area contributed by atoms with E-state index in [9.17, 15) is 9.59 Å². The average Bonchev–Trinajstić information content (AvgIpc) is 3.18. The van der Waals surface area contributed by atoms with Crippen molar-refractivity contribution in [2.75, 3.05) is 12.4 Å². The van der Waals surface area contributed by atoms with E-state index in [-0.39, 0.29) is 5.91 Å². The summed E-state index contributed by atoms with van der Waals surface area (Å²) in [6.45, 7) is 0. The van der Waals surface area contributed by atoms with E-state index in [0.717, 1.165) is 0 Å². The van der Waals surface area contributed by atoms with E-state index in [2.05, 4.69) is 5.32 Å². The minimum absolute atomic E-state index is 0.277. The van der Waals surface area contributed by atoms with Crippen LogP contribution in [0.3, 0.4) is 0 Å². The highest BCUT2D eigenvalue weighted by Crippen LogP contribution is 2.21. The molecule has 1 aromatic heterocycles. The Hall–Kier alpha value is -3.12. The van der Waals surface area contributed by atoms with Gasteiger partial charge in [-0.3, -0.25) is 4.79 Å². The number of thiophene rings is 1. The molecule has 0 radical (unpaired) electrons. The number of carbonyl (C=O) groups excluding carboxylic acids is 2. The van der Waals surface area contributed by atoms with Crippen molar-refractivity contribution in [1.82, 2.24) is 0 Å². The minimum Gasteiger partial charge on any atom is -0.496 e. The zero-order chi connectivity index (χ0) is 17.6. The van der Waals surface area contributed by atoms with Crippen LogP contribution in [-0.4, -0.2) is 19.0 Å². The van der Waals surface area contributed by atoms with Crippen molar-refractivity contribution >= 4 is 28.9 Å². The van der Waals surface area contributed by atoms with Crippen LogP contribution in [0.2, 0.25) is 0 Å². The predicted octanol–water partition coefficient (Wildman–Crippen LogP) is 4.23. The molecule has 0 bridgehead atoms. The highest BCUT2D eigenvalue weighted by molar-refractivity contribution is 7.08. The Labute approximate surface area is 148 Å². The van der Waals surface area contributed by atoms with Crippen LogP contribution in [0.4, 0.5) is 5.69 Å². The SMILES string of the molecule is COc1ccccc1C(=O)Nc1ccc(OC(=O)c2ccsc2)cc1. The van der Waals surface area contributed by atoms with Gasteiger partial charge < -0.3 is 14.8 Å². The third kappa shape index (κ3) is 4.05. The molecule has 6 heteroatoms. The van der Waals surface area contributed by atoms with Crippen molar-refractivity contribution in [3.8, 4) is 11.5 Å². The lowest BCUT2D eigenvalue weighted by Crippen LogP contribution is -2.13. The molecule has 0 aliphatic carbocycles. The van der Waals surface area contributed by atoms with Gasteiger partial charge in [0.25, 0.3) is 5.91 Å². The third-order valence-electron chi connectivity index (χ3n) is 3.43. The molecule has 0 unspecified atom stereocenters. The van der Waals surface area contributed by atoms with Crippen LogP contribution in [0.5, 0.6) is 11.5 Å². The maximum atomic E-state index is 12.3. The summed E-state index contributed by atoms with van der Waals surface area (Å²) in [7, 11) is 1.52. The van der Waals surface area contributed by atoms with Gasteiger partial charge in [0.05, 0.1) is 18.2 Å². The highest BCUT2D eigenvalue weighted by Gasteiger charge is 2.12. The van der Waals surface area contributed by atoms with Gasteiger partial charge in [0.1, 0.15) is 11.5 Å². The van der Waals surface area contributed by atoms with Crippen molar-refractivity contribution in [3.05, 3.63) is 76.5 Å². The van der Waals surface area contributed by atoms with Gasteiger partial charge in [0.2, 0.25) is 0 Å². The zero-order valence-corrected chi connectivity index (χ0v) is 14.2. The number of methoxy groups -OCH3 is 1. The molecule has 5 nitrogen and oxygen atoms in total. The first-order valence-electron chi connectivity index (χ1n) is 7.46. The molecule has 25 heavy (non-hydrogen) atoms. The summed E-state index contributed by atoms with van der Waals surface area (Å²) < 4.78 is 10.5. The molecule has 1 amide bonds. The number of anilines is 1. The lowest BCUT2D eigenvalue weighted by atomic mass is 10.2. The van der Waals surface area contributed by atoms with Gasteiger partial charge >= 0.3 is 5.97 Å². The van der Waals surface area contributed by atoms with Gasteiger partial charge in [-0.2, -0.15) is 11.3 Å². The lowest BCUT2D eigenvalue weighted by Gasteiger charge is -2.09. The van der Waals surface area contributed by atoms with Crippen LogP contribution in [0.1, 0.15) is 20.7 Å². The van der Waals surface area contributed by atoms with Crippen molar-refractivity contribution < 1.29 is 19.1 Å². The van der Waals surface area contributed by atoms with E-state index in [0.29, 0.717) is 28.3 Å². The monoisotopic (exact) mass is 353 g/mol. The Kier molecular flexibility index (Phi) is 5.11. The van der Waals surface area contributed by atoms with Crippen molar-refractivity contribution in [2.45, 2.75) is 0 Å². The van der Waals surface area contributed by atoms with Crippen LogP contribution in [0.25, 0.3) is 0 Å². The molecule has 0 saturated heterocycles. The first-order valence-corrected chi connectivity index (χ1v) is 8.40. The van der Waals surface area contributed by atoms with Crippen LogP contribution < -0.4 is 14.8 Å². The van der Waals surface area contributed by atoms with Gasteiger partial charge in [-0.05, 0) is 47.8 Å². The van der Waals surface area contributed by atoms with Gasteiger partial charge in [0.15, 0.2) is 0 Å². The molecule has 0 fully saturated rings. The van der Waals surface area contributed by atoms with E-state index in [1.54, 1.807) is 60.0 Å². The number of hydrogen-bond acceptors (Lipinski definition) is 5. The fourth-order valence-corrected chi connectivity index (χ4v) is 2.81. The number of hydrogen-bond donors (Lipinski definition) is 1. The van der Waals surface area contributed by atoms with Gasteiger partial charge in [0, 0.05) is 11.1 Å². The standard InChI is InChI=1S/C19H15NO4S/c1-23-17-5-3-2-4-16(17)18(21)20-14-6-8-15(9-7-14)24-19(22)13-10-11-25-12-13/h2-12H,1H3,(H,20,21). The van der Waals surface area contributed by atoms with Crippen LogP contribution in [0, 0.1) is 0 Å². The highest BCUT2D eigenvalue weighted by atomic mass is 32.1. The fourth-order valence-electron chi connectivity index (χ4n) is 2.18. The largest absolute Gasteiger partial charge is 0.496 e. The Morgan fingerprint density at radius 2 is 1.76 bits per heavy atom. The smallest absolute Gasteiger partial charge is 0.344 e. The van der Waals surface area contributed by atoms with Gasteiger partial charge in [-0.25, -0.2) is 4.79 Å². The normalized spacial score (nSPS) is 10.1. The molecule has 0 saturated carbocycles. The second kappa shape index (κ2) is 7.63. The molecule has 0 aliphatic rings. The molecule has 126 valence electrons. The first-order chi connectivity index (χ1) is 12.2. The second-order valence-corrected chi connectivity index (χ2v) is 5.86. The second-order valence-electron chi connectivity index (χ2n) is 5.08. The van der Waals surface area contributed by atoms with E-state index < -0.39 is 5.97 Å². The Bertz CT molecular complexity index is 873. The van der Waals surface area contributed by atoms with Crippen LogP contribution in [0.15, 0.2) is 65.4 Å². The Balaban J connectivity index is 1.66. The number of rotatable bonds is 5. The topological polar surface area (TPSA) is 64.6 Å². The third-order valence-corrected chi connectivity index (χ3v) is 4.11. The number of esters is 1. The molecular weight excluding hydrogens is 338 g/mol. The van der Waals surface area contributed by atoms with E-state index in [4.69, 9.17) is 9.47 Å². The quantitative estimate of drug-likeness (QED) is 0.551. The fraction of sp³-hybridized carbons (Fsp3) is 0.0526. The van der Waals surface area contributed by atoms with E-state index in [1.807, 2.05) is 5.38 Å². The van der Waals surface area contributed by atoms with Crippen LogP contribution >= 0.6 is 11.3 Å². The zero-order valence-electron chi connectivity index (χ0n) is 13.4. The van der Waals surface area contributed by atoms with Gasteiger partial charge in [-0.15, -0.1) is 0 Å². The summed E-state index contributed by atoms with van der Waals surface area (Å²) in [5, 5.41) is 6.32. The summed E-state index contributed by atoms with van der Waals surface area (Å²) in [5.74, 6) is 0.223. The number of carbonyl (C=O) groups is 2. The number of benzene rings is 2. The van der Waals surface area contributed by atoms with Crippen molar-refractivity contribution in [1.29, 1.82) is 0 Å². The molecule has 0 aliphatic heterocycles. The van der Waals surface area contributed by atoms with Crippen molar-refractivity contribution in [2.24, 2.45) is 0 Å². The number of para-hydroxylation sites is 1. The predicted molar refractivity (Wildman–Crippen MR) is 96.7 cm³/mol. The first kappa shape index (κ1) is 16.7. The summed E-state index contributed by atoms with van der Waals surface area (Å²) in [6.07, 6.45) is 0.